The van der Waals surface area contributed by atoms with E-state index in [0.29, 0.717) is 29.6 Å². The number of carbonyl (C=O) groups is 1. The zero-order valence-electron chi connectivity index (χ0n) is 12.0. The molecule has 1 aromatic carbocycles. The minimum Gasteiger partial charge on any atom is -0.439 e. The molecule has 2 heterocycles. The lowest BCUT2D eigenvalue weighted by atomic mass is 10.2. The van der Waals surface area contributed by atoms with Crippen LogP contribution in [0.25, 0.3) is 11.3 Å². The van der Waals surface area contributed by atoms with Crippen LogP contribution in [-0.4, -0.2) is 20.7 Å². The summed E-state index contributed by atoms with van der Waals surface area (Å²) in [6.45, 7) is 0.310. The lowest BCUT2D eigenvalue weighted by Gasteiger charge is -2.01. The zero-order chi connectivity index (χ0) is 15.5. The second-order valence-electron chi connectivity index (χ2n) is 4.77. The van der Waals surface area contributed by atoms with Crippen LogP contribution in [0.2, 0.25) is 0 Å². The van der Waals surface area contributed by atoms with E-state index < -0.39 is 5.91 Å². The van der Waals surface area contributed by atoms with Gasteiger partial charge in [-0.2, -0.15) is 5.10 Å². The van der Waals surface area contributed by atoms with E-state index in [4.69, 9.17) is 10.2 Å². The molecule has 0 aliphatic heterocycles. The third-order valence-electron chi connectivity index (χ3n) is 3.11. The first kappa shape index (κ1) is 13.9. The van der Waals surface area contributed by atoms with Crippen LogP contribution >= 0.6 is 0 Å². The summed E-state index contributed by atoms with van der Waals surface area (Å²) in [5, 5.41) is 7.15. The Labute approximate surface area is 126 Å². The average molecular weight is 297 g/mol. The van der Waals surface area contributed by atoms with Crippen LogP contribution < -0.4 is 11.1 Å². The molecule has 0 saturated heterocycles. The van der Waals surface area contributed by atoms with E-state index in [1.54, 1.807) is 19.4 Å². The molecule has 1 amide bonds. The van der Waals surface area contributed by atoms with Crippen molar-refractivity contribution in [2.45, 2.75) is 6.54 Å². The molecular weight excluding hydrogens is 282 g/mol. The first-order valence-electron chi connectivity index (χ1n) is 6.71. The summed E-state index contributed by atoms with van der Waals surface area (Å²) in [6, 6.07) is 9.70. The highest BCUT2D eigenvalue weighted by molar-refractivity contribution is 5.97. The Balaban J connectivity index is 1.73. The van der Waals surface area contributed by atoms with Crippen LogP contribution in [0.4, 0.5) is 5.82 Å². The molecule has 0 atom stereocenters. The van der Waals surface area contributed by atoms with Crippen LogP contribution in [0.3, 0.4) is 0 Å². The number of rotatable bonds is 5. The molecule has 3 aromatic rings. The van der Waals surface area contributed by atoms with Crippen LogP contribution in [0.15, 0.2) is 47.1 Å². The summed E-state index contributed by atoms with van der Waals surface area (Å²) in [4.78, 5) is 15.5. The van der Waals surface area contributed by atoms with Gasteiger partial charge in [0.1, 0.15) is 5.56 Å². The summed E-state index contributed by atoms with van der Waals surface area (Å²) in [7, 11) is 1.72. The first-order valence-corrected chi connectivity index (χ1v) is 6.71. The number of hydrogen-bond acceptors (Lipinski definition) is 5. The van der Waals surface area contributed by atoms with E-state index in [-0.39, 0.29) is 0 Å². The van der Waals surface area contributed by atoms with Crippen LogP contribution in [0.5, 0.6) is 0 Å². The van der Waals surface area contributed by atoms with Crippen molar-refractivity contribution in [3.8, 4) is 11.3 Å². The number of nitrogens with two attached hydrogens (primary N) is 1. The van der Waals surface area contributed by atoms with E-state index in [1.807, 2.05) is 30.3 Å². The maximum absolute atomic E-state index is 11.3. The van der Waals surface area contributed by atoms with Gasteiger partial charge in [0, 0.05) is 18.8 Å². The third-order valence-corrected chi connectivity index (χ3v) is 3.11. The lowest BCUT2D eigenvalue weighted by molar-refractivity contribution is 0.100. The van der Waals surface area contributed by atoms with Crippen molar-refractivity contribution in [3.05, 3.63) is 54.2 Å². The fourth-order valence-electron chi connectivity index (χ4n) is 2.09. The van der Waals surface area contributed by atoms with Gasteiger partial charge >= 0.3 is 0 Å². The Morgan fingerprint density at radius 3 is 2.86 bits per heavy atom. The van der Waals surface area contributed by atoms with Crippen molar-refractivity contribution in [3.63, 3.8) is 0 Å². The highest BCUT2D eigenvalue weighted by atomic mass is 16.4. The largest absolute Gasteiger partial charge is 0.439 e. The molecule has 7 heteroatoms. The maximum atomic E-state index is 11.3. The Morgan fingerprint density at radius 1 is 1.36 bits per heavy atom. The average Bonchev–Trinajstić information content (AvgIpc) is 3.12. The van der Waals surface area contributed by atoms with Crippen LogP contribution in [0.1, 0.15) is 16.2 Å². The first-order chi connectivity index (χ1) is 10.6. The molecule has 2 aromatic heterocycles. The lowest BCUT2D eigenvalue weighted by Crippen LogP contribution is -2.13. The standard InChI is InChI=1S/C15H15N5O2/c1-20-9-11(14(16)21)15(19-20)18-8-13-17-7-12(22-13)10-5-3-2-4-6-10/h2-7,9H,8H2,1H3,(H2,16,21)(H,18,19). The van der Waals surface area contributed by atoms with Gasteiger partial charge in [-0.1, -0.05) is 30.3 Å². The van der Waals surface area contributed by atoms with E-state index in [2.05, 4.69) is 15.4 Å². The number of hydrogen-bond donors (Lipinski definition) is 2. The molecule has 0 bridgehead atoms. The van der Waals surface area contributed by atoms with E-state index in [1.165, 1.54) is 4.68 Å². The zero-order valence-corrected chi connectivity index (χ0v) is 12.0. The second-order valence-corrected chi connectivity index (χ2v) is 4.77. The van der Waals surface area contributed by atoms with Gasteiger partial charge in [-0.05, 0) is 0 Å². The van der Waals surface area contributed by atoms with Gasteiger partial charge in [0.25, 0.3) is 5.91 Å². The molecule has 3 rings (SSSR count). The van der Waals surface area contributed by atoms with Crippen LogP contribution in [-0.2, 0) is 13.6 Å². The quantitative estimate of drug-likeness (QED) is 0.748. The van der Waals surface area contributed by atoms with E-state index >= 15 is 0 Å². The molecule has 22 heavy (non-hydrogen) atoms. The van der Waals surface area contributed by atoms with Gasteiger partial charge in [-0.15, -0.1) is 0 Å². The smallest absolute Gasteiger partial charge is 0.254 e. The van der Waals surface area contributed by atoms with Gasteiger partial charge in [-0.25, -0.2) is 4.98 Å². The Morgan fingerprint density at radius 2 is 2.14 bits per heavy atom. The fraction of sp³-hybridized carbons (Fsp3) is 0.133. The molecule has 0 aliphatic rings. The van der Waals surface area contributed by atoms with Gasteiger partial charge in [0.15, 0.2) is 11.6 Å². The highest BCUT2D eigenvalue weighted by Crippen LogP contribution is 2.20. The molecule has 0 spiro atoms. The highest BCUT2D eigenvalue weighted by Gasteiger charge is 2.13. The van der Waals surface area contributed by atoms with Crippen molar-refractivity contribution in [2.75, 3.05) is 5.32 Å². The molecule has 0 fully saturated rings. The minimum absolute atomic E-state index is 0.310. The number of carbonyl (C=O) groups excluding carboxylic acids is 1. The third kappa shape index (κ3) is 2.83. The topological polar surface area (TPSA) is 99.0 Å². The minimum atomic E-state index is -0.534. The van der Waals surface area contributed by atoms with Gasteiger partial charge < -0.3 is 15.5 Å². The van der Waals surface area contributed by atoms with Gasteiger partial charge in [0.05, 0.1) is 12.7 Å². The van der Waals surface area contributed by atoms with Crippen molar-refractivity contribution < 1.29 is 9.21 Å². The fourth-order valence-corrected chi connectivity index (χ4v) is 2.09. The molecule has 0 saturated carbocycles. The number of primary amides is 1. The Hall–Kier alpha value is -3.09. The number of nitrogens with one attached hydrogen (secondary N) is 1. The number of nitrogens with zero attached hydrogens (tertiary/aromatic N) is 3. The van der Waals surface area contributed by atoms with Crippen molar-refractivity contribution in [2.24, 2.45) is 12.8 Å². The number of anilines is 1. The van der Waals surface area contributed by atoms with E-state index in [0.717, 1.165) is 5.56 Å². The van der Waals surface area contributed by atoms with Gasteiger partial charge in [0.2, 0.25) is 5.89 Å². The predicted octanol–water partition coefficient (Wildman–Crippen LogP) is 1.79. The van der Waals surface area contributed by atoms with Gasteiger partial charge in [-0.3, -0.25) is 9.48 Å². The van der Waals surface area contributed by atoms with Crippen molar-refractivity contribution in [1.82, 2.24) is 14.8 Å². The summed E-state index contributed by atoms with van der Waals surface area (Å²) < 4.78 is 7.20. The molecule has 0 unspecified atom stereocenters. The number of aryl methyl sites for hydroxylation is 1. The number of benzene rings is 1. The normalized spacial score (nSPS) is 10.6. The Bertz CT molecular complexity index is 791. The maximum Gasteiger partial charge on any atom is 0.254 e. The SMILES string of the molecule is Cn1cc(C(N)=O)c(NCc2ncc(-c3ccccc3)o2)n1. The molecule has 3 N–H and O–H groups in total. The number of aromatic nitrogens is 3. The summed E-state index contributed by atoms with van der Waals surface area (Å²) >= 11 is 0. The predicted molar refractivity (Wildman–Crippen MR) is 81.0 cm³/mol. The summed E-state index contributed by atoms with van der Waals surface area (Å²) in [6.07, 6.45) is 3.23. The summed E-state index contributed by atoms with van der Waals surface area (Å²) in [5.74, 6) is 1.07. The molecule has 112 valence electrons. The van der Waals surface area contributed by atoms with E-state index in [9.17, 15) is 4.79 Å². The molecule has 7 nitrogen and oxygen atoms in total. The second kappa shape index (κ2) is 5.72. The van der Waals surface area contributed by atoms with Crippen LogP contribution in [0, 0.1) is 0 Å². The number of oxazole rings is 1. The van der Waals surface area contributed by atoms with Crippen molar-refractivity contribution in [1.29, 1.82) is 0 Å². The molecule has 0 radical (unpaired) electrons. The van der Waals surface area contributed by atoms with Crippen molar-refractivity contribution >= 4 is 11.7 Å². The Kier molecular flexibility index (Phi) is 3.61. The molecule has 0 aliphatic carbocycles. The monoisotopic (exact) mass is 297 g/mol. The number of amides is 1. The molecular formula is C15H15N5O2. The summed E-state index contributed by atoms with van der Waals surface area (Å²) in [5.41, 5.74) is 6.59.